The molecule has 0 aliphatic heterocycles. The van der Waals surface area contributed by atoms with Crippen LogP contribution in [0.1, 0.15) is 33.5 Å². The summed E-state index contributed by atoms with van der Waals surface area (Å²) in [5.74, 6) is 0. The number of hydrogen-bond donors (Lipinski definition) is 0. The van der Waals surface area contributed by atoms with Crippen LogP contribution >= 0.6 is 15.2 Å². The van der Waals surface area contributed by atoms with Gasteiger partial charge in [0, 0.05) is 0 Å². The molecule has 0 nitrogen and oxygen atoms in total. The Labute approximate surface area is 218 Å². The Morgan fingerprint density at radius 1 is 0.417 bits per heavy atom. The molecule has 0 fully saturated rings. The van der Waals surface area contributed by atoms with Crippen molar-refractivity contribution in [1.29, 1.82) is 0 Å². The van der Waals surface area contributed by atoms with Crippen molar-refractivity contribution < 1.29 is 0 Å². The van der Waals surface area contributed by atoms with Gasteiger partial charge in [0.15, 0.2) is 0 Å². The zero-order chi connectivity index (χ0) is 25.0. The number of rotatable bonds is 7. The Morgan fingerprint density at radius 3 is 1.03 bits per heavy atom. The molecule has 5 aromatic carbocycles. The van der Waals surface area contributed by atoms with E-state index < -0.39 is 6.95 Å². The third-order valence-electron chi connectivity index (χ3n) is 7.08. The normalized spacial score (nSPS) is 12.3. The number of hydrogen-bond acceptors (Lipinski definition) is 0. The summed E-state index contributed by atoms with van der Waals surface area (Å²) in [6.07, 6.45) is 0. The monoisotopic (exact) mass is 504 g/mol. The molecule has 0 aromatic heterocycles. The fourth-order valence-corrected chi connectivity index (χ4v) is 15.0. The summed E-state index contributed by atoms with van der Waals surface area (Å²) in [6, 6.07) is 50.4. The Kier molecular flexibility index (Phi) is 7.48. The average molecular weight is 505 g/mol. The summed E-state index contributed by atoms with van der Waals surface area (Å²) < 4.78 is 0. The maximum atomic E-state index is 2.40. The van der Waals surface area contributed by atoms with Crippen LogP contribution < -0.4 is 15.9 Å². The number of benzene rings is 5. The summed E-state index contributed by atoms with van der Waals surface area (Å²) in [4.78, 5) is 0. The van der Waals surface area contributed by atoms with Gasteiger partial charge in [0.2, 0.25) is 0 Å². The standard InChI is InChI=1S/C34H34P2/c1-26-14-20-31(21-15-26)36(32-22-16-27(2)17-23-32,33-24-18-28(3)19-25-33)35-34(29-10-6-4-7-11-29)30-12-8-5-9-13-30/h4-25,34-36H,1-3H3. The SMILES string of the molecule is Cc1ccc([PH](PC(c2ccccc2)c2ccccc2)(c2ccc(C)cc2)c2ccc(C)cc2)cc1. The zero-order valence-corrected chi connectivity index (χ0v) is 23.3. The molecule has 0 amide bonds. The van der Waals surface area contributed by atoms with Gasteiger partial charge in [0.25, 0.3) is 0 Å². The van der Waals surface area contributed by atoms with Gasteiger partial charge < -0.3 is 0 Å². The van der Waals surface area contributed by atoms with Crippen LogP contribution in [0.4, 0.5) is 0 Å². The third-order valence-corrected chi connectivity index (χ3v) is 16.8. The summed E-state index contributed by atoms with van der Waals surface area (Å²) in [6.45, 7) is 4.16. The minimum atomic E-state index is -2.39. The maximum absolute atomic E-state index is 2.40. The molecular formula is C34H34P2. The predicted molar refractivity (Wildman–Crippen MR) is 164 cm³/mol. The van der Waals surface area contributed by atoms with E-state index >= 15 is 0 Å². The van der Waals surface area contributed by atoms with Gasteiger partial charge in [-0.3, -0.25) is 0 Å². The van der Waals surface area contributed by atoms with Gasteiger partial charge in [-0.15, -0.1) is 0 Å². The van der Waals surface area contributed by atoms with E-state index in [2.05, 4.69) is 154 Å². The van der Waals surface area contributed by atoms with E-state index in [0.717, 1.165) is 0 Å². The predicted octanol–water partition coefficient (Wildman–Crippen LogP) is 8.02. The van der Waals surface area contributed by atoms with Gasteiger partial charge >= 0.3 is 219 Å². The molecule has 0 saturated heterocycles. The van der Waals surface area contributed by atoms with Crippen LogP contribution in [0.25, 0.3) is 0 Å². The summed E-state index contributed by atoms with van der Waals surface area (Å²) in [7, 11) is 0.701. The van der Waals surface area contributed by atoms with Crippen molar-refractivity contribution in [2.75, 3.05) is 0 Å². The Balaban J connectivity index is 1.80. The van der Waals surface area contributed by atoms with E-state index in [1.165, 1.54) is 43.7 Å². The molecule has 0 bridgehead atoms. The zero-order valence-electron chi connectivity index (χ0n) is 21.3. The first-order valence-corrected chi connectivity index (χ1v) is 16.7. The Bertz CT molecular complexity index is 1240. The molecule has 2 heteroatoms. The van der Waals surface area contributed by atoms with Crippen molar-refractivity contribution in [1.82, 2.24) is 0 Å². The molecule has 0 radical (unpaired) electrons. The summed E-state index contributed by atoms with van der Waals surface area (Å²) in [5, 5.41) is 4.45. The Hall–Kier alpha value is -3.04. The first-order chi connectivity index (χ1) is 17.6. The van der Waals surface area contributed by atoms with Gasteiger partial charge in [-0.25, -0.2) is 0 Å². The molecule has 1 atom stereocenters. The van der Waals surface area contributed by atoms with Crippen molar-refractivity contribution >= 4 is 31.1 Å². The molecule has 180 valence electrons. The molecule has 0 aliphatic rings. The Morgan fingerprint density at radius 2 is 0.722 bits per heavy atom. The van der Waals surface area contributed by atoms with Gasteiger partial charge in [-0.05, 0) is 0 Å². The van der Waals surface area contributed by atoms with Crippen LogP contribution in [-0.2, 0) is 0 Å². The first-order valence-electron chi connectivity index (χ1n) is 12.7. The molecule has 5 rings (SSSR count). The molecule has 0 N–H and O–H groups in total. The fraction of sp³-hybridized carbons (Fsp3) is 0.118. The van der Waals surface area contributed by atoms with Gasteiger partial charge in [-0.1, -0.05) is 0 Å². The van der Waals surface area contributed by atoms with Crippen LogP contribution in [0.5, 0.6) is 0 Å². The molecule has 0 aliphatic carbocycles. The van der Waals surface area contributed by atoms with Crippen molar-refractivity contribution in [3.05, 3.63) is 161 Å². The van der Waals surface area contributed by atoms with Crippen LogP contribution in [0, 0.1) is 20.8 Å². The topological polar surface area (TPSA) is 0 Å². The van der Waals surface area contributed by atoms with Gasteiger partial charge in [0.1, 0.15) is 0 Å². The average Bonchev–Trinajstić information content (AvgIpc) is 2.92. The van der Waals surface area contributed by atoms with Crippen LogP contribution in [-0.4, -0.2) is 0 Å². The quantitative estimate of drug-likeness (QED) is 0.197. The van der Waals surface area contributed by atoms with Crippen molar-refractivity contribution in [2.45, 2.75) is 26.4 Å². The molecule has 5 aromatic rings. The molecule has 0 spiro atoms. The first kappa shape index (κ1) is 24.6. The minimum absolute atomic E-state index is 0.322. The van der Waals surface area contributed by atoms with E-state index in [-0.39, 0.29) is 0 Å². The van der Waals surface area contributed by atoms with E-state index in [4.69, 9.17) is 0 Å². The number of aryl methyl sites for hydroxylation is 3. The third kappa shape index (κ3) is 5.08. The molecule has 0 saturated carbocycles. The van der Waals surface area contributed by atoms with Crippen LogP contribution in [0.2, 0.25) is 0 Å². The second kappa shape index (κ2) is 10.9. The molecule has 0 heterocycles. The van der Waals surface area contributed by atoms with Gasteiger partial charge in [-0.2, -0.15) is 0 Å². The second-order valence-electron chi connectivity index (χ2n) is 9.75. The van der Waals surface area contributed by atoms with E-state index in [0.29, 0.717) is 13.9 Å². The van der Waals surface area contributed by atoms with Gasteiger partial charge in [0.05, 0.1) is 0 Å². The van der Waals surface area contributed by atoms with Crippen molar-refractivity contribution in [3.63, 3.8) is 0 Å². The molecule has 36 heavy (non-hydrogen) atoms. The summed E-state index contributed by atoms with van der Waals surface area (Å²) in [5.41, 5.74) is 7.03. The fourth-order valence-electron chi connectivity index (χ4n) is 5.03. The van der Waals surface area contributed by atoms with E-state index in [1.54, 1.807) is 0 Å². The van der Waals surface area contributed by atoms with E-state index in [9.17, 15) is 0 Å². The van der Waals surface area contributed by atoms with E-state index in [1.807, 2.05) is 0 Å². The van der Waals surface area contributed by atoms with Crippen LogP contribution in [0.15, 0.2) is 133 Å². The van der Waals surface area contributed by atoms with Crippen molar-refractivity contribution in [2.24, 2.45) is 0 Å². The summed E-state index contributed by atoms with van der Waals surface area (Å²) >= 11 is 0. The van der Waals surface area contributed by atoms with Crippen molar-refractivity contribution in [3.8, 4) is 0 Å². The second-order valence-corrected chi connectivity index (χ2v) is 17.0. The van der Waals surface area contributed by atoms with Crippen LogP contribution in [0.3, 0.4) is 0 Å². The molecular weight excluding hydrogens is 470 g/mol. The molecule has 1 unspecified atom stereocenters.